The first kappa shape index (κ1) is 8.44. The number of nitrogens with one attached hydrogen (secondary N) is 1. The van der Waals surface area contributed by atoms with Gasteiger partial charge in [0.15, 0.2) is 0 Å². The van der Waals surface area contributed by atoms with Gasteiger partial charge in [-0.3, -0.25) is 4.79 Å². The van der Waals surface area contributed by atoms with Crippen LogP contribution in [0.2, 0.25) is 0 Å². The second-order valence-corrected chi connectivity index (χ2v) is 3.49. The Labute approximate surface area is 81.5 Å². The van der Waals surface area contributed by atoms with Crippen molar-refractivity contribution in [2.24, 2.45) is 0 Å². The largest absolute Gasteiger partial charge is 0.321 e. The third-order valence-corrected chi connectivity index (χ3v) is 2.45. The third kappa shape index (κ3) is 1.37. The fourth-order valence-electron chi connectivity index (χ4n) is 1.18. The quantitative estimate of drug-likeness (QED) is 0.756. The van der Waals surface area contributed by atoms with E-state index in [1.165, 1.54) is 18.2 Å². The summed E-state index contributed by atoms with van der Waals surface area (Å²) < 4.78 is 13.8. The second-order valence-electron chi connectivity index (χ2n) is 2.64. The molecule has 0 saturated heterocycles. The minimum atomic E-state index is -0.338. The molecular formula is C9H5BrFNO. The van der Waals surface area contributed by atoms with E-state index in [0.29, 0.717) is 15.4 Å². The molecule has 0 unspecified atom stereocenters. The SMILES string of the molecule is O=c1ccc2c(F)ccc(Br)c2[nH]1. The molecule has 0 fully saturated rings. The summed E-state index contributed by atoms with van der Waals surface area (Å²) in [6.07, 6.45) is 0. The van der Waals surface area contributed by atoms with E-state index in [1.807, 2.05) is 0 Å². The van der Waals surface area contributed by atoms with Crippen molar-refractivity contribution >= 4 is 26.8 Å². The Morgan fingerprint density at radius 1 is 1.23 bits per heavy atom. The van der Waals surface area contributed by atoms with Crippen LogP contribution in [0.3, 0.4) is 0 Å². The maximum Gasteiger partial charge on any atom is 0.248 e. The first-order valence-electron chi connectivity index (χ1n) is 3.65. The molecule has 0 aliphatic heterocycles. The van der Waals surface area contributed by atoms with Crippen LogP contribution in [0.15, 0.2) is 33.5 Å². The Bertz CT molecular complexity index is 520. The zero-order valence-corrected chi connectivity index (χ0v) is 8.06. The van der Waals surface area contributed by atoms with Crippen molar-refractivity contribution in [1.29, 1.82) is 0 Å². The molecule has 0 radical (unpaired) electrons. The number of pyridine rings is 1. The molecule has 0 amide bonds. The average Bonchev–Trinajstić information content (AvgIpc) is 2.12. The summed E-state index contributed by atoms with van der Waals surface area (Å²) in [6, 6.07) is 5.68. The molecule has 0 bridgehead atoms. The minimum Gasteiger partial charge on any atom is -0.321 e. The second kappa shape index (κ2) is 2.96. The predicted octanol–water partition coefficient (Wildman–Crippen LogP) is 2.43. The van der Waals surface area contributed by atoms with Crippen LogP contribution in [-0.4, -0.2) is 4.98 Å². The van der Waals surface area contributed by atoms with Crippen LogP contribution in [0.5, 0.6) is 0 Å². The highest BCUT2D eigenvalue weighted by Gasteiger charge is 2.03. The van der Waals surface area contributed by atoms with Crippen LogP contribution in [0, 0.1) is 5.82 Å². The van der Waals surface area contributed by atoms with Crippen molar-refractivity contribution in [3.05, 3.63) is 44.9 Å². The number of hydrogen-bond acceptors (Lipinski definition) is 1. The number of H-pyrrole nitrogens is 1. The average molecular weight is 242 g/mol. The van der Waals surface area contributed by atoms with Crippen molar-refractivity contribution in [3.8, 4) is 0 Å². The van der Waals surface area contributed by atoms with Gasteiger partial charge in [-0.2, -0.15) is 0 Å². The van der Waals surface area contributed by atoms with Gasteiger partial charge in [0.2, 0.25) is 5.56 Å². The zero-order chi connectivity index (χ0) is 9.42. The zero-order valence-electron chi connectivity index (χ0n) is 6.47. The summed E-state index contributed by atoms with van der Waals surface area (Å²) >= 11 is 3.23. The molecule has 13 heavy (non-hydrogen) atoms. The molecule has 0 spiro atoms. The Morgan fingerprint density at radius 2 is 2.00 bits per heavy atom. The summed E-state index contributed by atoms with van der Waals surface area (Å²) in [4.78, 5) is 13.5. The molecule has 0 aliphatic carbocycles. The number of benzene rings is 1. The molecule has 2 aromatic rings. The van der Waals surface area contributed by atoms with Crippen LogP contribution in [0.25, 0.3) is 10.9 Å². The summed E-state index contributed by atoms with van der Waals surface area (Å²) in [7, 11) is 0. The molecule has 0 saturated carbocycles. The Hall–Kier alpha value is -1.16. The van der Waals surface area contributed by atoms with Gasteiger partial charge in [0.05, 0.1) is 5.52 Å². The number of rotatable bonds is 0. The lowest BCUT2D eigenvalue weighted by Gasteiger charge is -2.00. The van der Waals surface area contributed by atoms with Crippen molar-refractivity contribution in [3.63, 3.8) is 0 Å². The van der Waals surface area contributed by atoms with Gasteiger partial charge in [-0.1, -0.05) is 0 Å². The Morgan fingerprint density at radius 3 is 2.77 bits per heavy atom. The third-order valence-electron chi connectivity index (χ3n) is 1.79. The maximum atomic E-state index is 13.2. The molecule has 1 aromatic carbocycles. The summed E-state index contributed by atoms with van der Waals surface area (Å²) in [5.74, 6) is -0.338. The van der Waals surface area contributed by atoms with Crippen LogP contribution >= 0.6 is 15.9 Å². The van der Waals surface area contributed by atoms with E-state index in [4.69, 9.17) is 0 Å². The lowest BCUT2D eigenvalue weighted by atomic mass is 10.2. The molecule has 1 heterocycles. The molecular weight excluding hydrogens is 237 g/mol. The van der Waals surface area contributed by atoms with E-state index in [-0.39, 0.29) is 11.4 Å². The van der Waals surface area contributed by atoms with Gasteiger partial charge in [0, 0.05) is 15.9 Å². The normalized spacial score (nSPS) is 10.6. The van der Waals surface area contributed by atoms with E-state index >= 15 is 0 Å². The highest BCUT2D eigenvalue weighted by atomic mass is 79.9. The number of aromatic nitrogens is 1. The van der Waals surface area contributed by atoms with Gasteiger partial charge in [0.25, 0.3) is 0 Å². The minimum absolute atomic E-state index is 0.237. The van der Waals surface area contributed by atoms with Gasteiger partial charge < -0.3 is 4.98 Å². The first-order chi connectivity index (χ1) is 6.18. The molecule has 2 nitrogen and oxygen atoms in total. The standard InChI is InChI=1S/C9H5BrFNO/c10-6-2-3-7(11)5-1-4-8(13)12-9(5)6/h1-4H,(H,12,13). The van der Waals surface area contributed by atoms with Crippen molar-refractivity contribution in [2.75, 3.05) is 0 Å². The van der Waals surface area contributed by atoms with E-state index in [9.17, 15) is 9.18 Å². The van der Waals surface area contributed by atoms with Gasteiger partial charge in [0.1, 0.15) is 5.82 Å². The highest BCUT2D eigenvalue weighted by molar-refractivity contribution is 9.10. The van der Waals surface area contributed by atoms with Crippen LogP contribution in [-0.2, 0) is 0 Å². The summed E-state index contributed by atoms with van der Waals surface area (Å²) in [5, 5.41) is 0.411. The van der Waals surface area contributed by atoms with Crippen LogP contribution < -0.4 is 5.56 Å². The molecule has 4 heteroatoms. The molecule has 0 atom stereocenters. The van der Waals surface area contributed by atoms with Crippen molar-refractivity contribution < 1.29 is 4.39 Å². The predicted molar refractivity (Wildman–Crippen MR) is 52.2 cm³/mol. The molecule has 1 N–H and O–H groups in total. The van der Waals surface area contributed by atoms with E-state index < -0.39 is 0 Å². The topological polar surface area (TPSA) is 32.9 Å². The monoisotopic (exact) mass is 241 g/mol. The molecule has 1 aromatic heterocycles. The molecule has 0 aliphatic rings. The van der Waals surface area contributed by atoms with Crippen molar-refractivity contribution in [1.82, 2.24) is 4.98 Å². The van der Waals surface area contributed by atoms with Crippen LogP contribution in [0.1, 0.15) is 0 Å². The Kier molecular flexibility index (Phi) is 1.92. The fraction of sp³-hybridized carbons (Fsp3) is 0. The van der Waals surface area contributed by atoms with Crippen molar-refractivity contribution in [2.45, 2.75) is 0 Å². The van der Waals surface area contributed by atoms with Crippen LogP contribution in [0.4, 0.5) is 4.39 Å². The van der Waals surface area contributed by atoms with E-state index in [2.05, 4.69) is 20.9 Å². The number of aromatic amines is 1. The number of fused-ring (bicyclic) bond motifs is 1. The number of hydrogen-bond donors (Lipinski definition) is 1. The van der Waals surface area contributed by atoms with Gasteiger partial charge in [-0.25, -0.2) is 4.39 Å². The molecule has 2 rings (SSSR count). The summed E-state index contributed by atoms with van der Waals surface area (Å²) in [6.45, 7) is 0. The van der Waals surface area contributed by atoms with Gasteiger partial charge >= 0.3 is 0 Å². The fourth-order valence-corrected chi connectivity index (χ4v) is 1.63. The first-order valence-corrected chi connectivity index (χ1v) is 4.45. The summed E-state index contributed by atoms with van der Waals surface area (Å²) in [5.41, 5.74) is 0.256. The maximum absolute atomic E-state index is 13.2. The smallest absolute Gasteiger partial charge is 0.248 e. The number of halogens is 2. The Balaban J connectivity index is 3.00. The van der Waals surface area contributed by atoms with E-state index in [0.717, 1.165) is 0 Å². The molecule has 66 valence electrons. The lowest BCUT2D eigenvalue weighted by molar-refractivity contribution is 0.639. The highest BCUT2D eigenvalue weighted by Crippen LogP contribution is 2.22. The van der Waals surface area contributed by atoms with Gasteiger partial charge in [-0.15, -0.1) is 0 Å². The van der Waals surface area contributed by atoms with Gasteiger partial charge in [-0.05, 0) is 34.1 Å². The lowest BCUT2D eigenvalue weighted by Crippen LogP contribution is -2.03. The van der Waals surface area contributed by atoms with E-state index in [1.54, 1.807) is 6.07 Å².